The quantitative estimate of drug-likeness (QED) is 0.850. The van der Waals surface area contributed by atoms with Crippen molar-refractivity contribution in [3.63, 3.8) is 0 Å². The Bertz CT molecular complexity index is 507. The smallest absolute Gasteiger partial charge is 0.0331 e. The minimum Gasteiger partial charge on any atom is -0.399 e. The highest BCUT2D eigenvalue weighted by atomic mass is 79.9. The van der Waals surface area contributed by atoms with Gasteiger partial charge >= 0.3 is 0 Å². The van der Waals surface area contributed by atoms with Gasteiger partial charge in [0.2, 0.25) is 0 Å². The molecule has 1 aromatic heterocycles. The lowest BCUT2D eigenvalue weighted by atomic mass is 10.1. The first kappa shape index (κ1) is 13.6. The molecule has 2 aromatic rings. The van der Waals surface area contributed by atoms with Crippen molar-refractivity contribution in [1.82, 2.24) is 4.90 Å². The van der Waals surface area contributed by atoms with E-state index in [4.69, 9.17) is 5.73 Å². The number of thiophene rings is 1. The van der Waals surface area contributed by atoms with Crippen LogP contribution < -0.4 is 5.73 Å². The minimum absolute atomic E-state index is 0.381. The zero-order chi connectivity index (χ0) is 13.1. The minimum atomic E-state index is 0.381. The lowest BCUT2D eigenvalue weighted by molar-refractivity contribution is 0.255. The zero-order valence-electron chi connectivity index (χ0n) is 10.6. The van der Waals surface area contributed by atoms with E-state index in [1.54, 1.807) is 11.3 Å². The molecule has 0 saturated carbocycles. The van der Waals surface area contributed by atoms with Crippen molar-refractivity contribution in [1.29, 1.82) is 0 Å². The molecule has 1 unspecified atom stereocenters. The van der Waals surface area contributed by atoms with Gasteiger partial charge in [-0.25, -0.2) is 0 Å². The SMILES string of the molecule is CC(c1ccc(N)cc1)N(C)Cc1cc(Br)cs1. The number of hydrogen-bond acceptors (Lipinski definition) is 3. The molecule has 2 rings (SSSR count). The summed E-state index contributed by atoms with van der Waals surface area (Å²) in [5.41, 5.74) is 7.82. The summed E-state index contributed by atoms with van der Waals surface area (Å²) in [4.78, 5) is 3.70. The summed E-state index contributed by atoms with van der Waals surface area (Å²) in [5.74, 6) is 0. The third kappa shape index (κ3) is 3.34. The second-order valence-electron chi connectivity index (χ2n) is 4.49. The Labute approximate surface area is 121 Å². The van der Waals surface area contributed by atoms with Gasteiger partial charge in [0, 0.05) is 33.0 Å². The lowest BCUT2D eigenvalue weighted by Crippen LogP contribution is -2.21. The van der Waals surface area contributed by atoms with Crippen LogP contribution in [-0.4, -0.2) is 11.9 Å². The predicted octanol–water partition coefficient (Wildman–Crippen LogP) is 4.29. The molecule has 1 aromatic carbocycles. The van der Waals surface area contributed by atoms with E-state index >= 15 is 0 Å². The second kappa shape index (κ2) is 5.87. The van der Waals surface area contributed by atoms with E-state index in [1.807, 2.05) is 12.1 Å². The van der Waals surface area contributed by atoms with Gasteiger partial charge in [0.15, 0.2) is 0 Å². The fraction of sp³-hybridized carbons (Fsp3) is 0.286. The van der Waals surface area contributed by atoms with Crippen LogP contribution in [0.4, 0.5) is 5.69 Å². The van der Waals surface area contributed by atoms with Crippen molar-refractivity contribution in [2.75, 3.05) is 12.8 Å². The standard InChI is InChI=1S/C14H17BrN2S/c1-10(11-3-5-13(16)6-4-11)17(2)8-14-7-12(15)9-18-14/h3-7,9-10H,8,16H2,1-2H3. The van der Waals surface area contributed by atoms with Crippen LogP contribution in [0.3, 0.4) is 0 Å². The van der Waals surface area contributed by atoms with E-state index in [9.17, 15) is 0 Å². The van der Waals surface area contributed by atoms with E-state index < -0.39 is 0 Å². The van der Waals surface area contributed by atoms with E-state index in [0.29, 0.717) is 6.04 Å². The summed E-state index contributed by atoms with van der Waals surface area (Å²) in [6, 6.07) is 10.7. The Morgan fingerprint density at radius 2 is 2.00 bits per heavy atom. The fourth-order valence-corrected chi connectivity index (χ4v) is 3.36. The maximum atomic E-state index is 5.71. The van der Waals surface area contributed by atoms with Gasteiger partial charge in [0.05, 0.1) is 0 Å². The fourth-order valence-electron chi connectivity index (χ4n) is 1.85. The van der Waals surface area contributed by atoms with Crippen molar-refractivity contribution < 1.29 is 0 Å². The number of benzene rings is 1. The molecule has 2 N–H and O–H groups in total. The van der Waals surface area contributed by atoms with Crippen LogP contribution >= 0.6 is 27.3 Å². The molecule has 0 aliphatic rings. The third-order valence-corrected chi connectivity index (χ3v) is 4.79. The Hall–Kier alpha value is -0.840. The molecule has 96 valence electrons. The molecular weight excluding hydrogens is 308 g/mol. The average molecular weight is 325 g/mol. The molecule has 0 bridgehead atoms. The Balaban J connectivity index is 2.04. The van der Waals surface area contributed by atoms with Crippen molar-refractivity contribution >= 4 is 33.0 Å². The monoisotopic (exact) mass is 324 g/mol. The summed E-state index contributed by atoms with van der Waals surface area (Å²) in [5, 5.41) is 2.12. The van der Waals surface area contributed by atoms with Gasteiger partial charge in [-0.2, -0.15) is 0 Å². The number of hydrogen-bond donors (Lipinski definition) is 1. The highest BCUT2D eigenvalue weighted by Gasteiger charge is 2.12. The van der Waals surface area contributed by atoms with Crippen molar-refractivity contribution in [2.24, 2.45) is 0 Å². The topological polar surface area (TPSA) is 29.3 Å². The van der Waals surface area contributed by atoms with Crippen LogP contribution in [-0.2, 0) is 6.54 Å². The summed E-state index contributed by atoms with van der Waals surface area (Å²) in [6.07, 6.45) is 0. The predicted molar refractivity (Wildman–Crippen MR) is 82.8 cm³/mol. The van der Waals surface area contributed by atoms with Crippen LogP contribution in [0.1, 0.15) is 23.4 Å². The van der Waals surface area contributed by atoms with Gasteiger partial charge < -0.3 is 5.73 Å². The first-order valence-electron chi connectivity index (χ1n) is 5.85. The first-order valence-corrected chi connectivity index (χ1v) is 7.52. The van der Waals surface area contributed by atoms with Gasteiger partial charge in [0.25, 0.3) is 0 Å². The second-order valence-corrected chi connectivity index (χ2v) is 6.40. The molecule has 18 heavy (non-hydrogen) atoms. The number of rotatable bonds is 4. The van der Waals surface area contributed by atoms with Crippen LogP contribution in [0.5, 0.6) is 0 Å². The average Bonchev–Trinajstić information content (AvgIpc) is 2.75. The summed E-state index contributed by atoms with van der Waals surface area (Å²) >= 11 is 5.27. The molecular formula is C14H17BrN2S. The molecule has 0 amide bonds. The van der Waals surface area contributed by atoms with E-state index in [1.165, 1.54) is 10.4 Å². The van der Waals surface area contributed by atoms with Gasteiger partial charge in [-0.05, 0) is 53.7 Å². The van der Waals surface area contributed by atoms with Crippen molar-refractivity contribution in [2.45, 2.75) is 19.5 Å². The van der Waals surface area contributed by atoms with Crippen molar-refractivity contribution in [3.05, 3.63) is 50.6 Å². The number of nitrogen functional groups attached to an aromatic ring is 1. The highest BCUT2D eigenvalue weighted by molar-refractivity contribution is 9.10. The molecule has 4 heteroatoms. The van der Waals surface area contributed by atoms with Crippen LogP contribution in [0, 0.1) is 0 Å². The number of nitrogens with two attached hydrogens (primary N) is 1. The largest absolute Gasteiger partial charge is 0.399 e. The molecule has 2 nitrogen and oxygen atoms in total. The zero-order valence-corrected chi connectivity index (χ0v) is 13.0. The number of anilines is 1. The Morgan fingerprint density at radius 3 is 2.56 bits per heavy atom. The summed E-state index contributed by atoms with van der Waals surface area (Å²) in [7, 11) is 2.15. The first-order chi connectivity index (χ1) is 8.56. The molecule has 0 radical (unpaired) electrons. The Morgan fingerprint density at radius 1 is 1.33 bits per heavy atom. The number of nitrogens with zero attached hydrogens (tertiary/aromatic N) is 1. The molecule has 0 aliphatic heterocycles. The molecule has 0 fully saturated rings. The number of halogens is 1. The maximum absolute atomic E-state index is 5.71. The van der Waals surface area contributed by atoms with Gasteiger partial charge in [-0.15, -0.1) is 11.3 Å². The molecule has 1 heterocycles. The molecule has 1 atom stereocenters. The third-order valence-electron chi connectivity index (χ3n) is 3.11. The molecule has 0 saturated heterocycles. The van der Waals surface area contributed by atoms with E-state index in [0.717, 1.165) is 16.7 Å². The van der Waals surface area contributed by atoms with Gasteiger partial charge in [-0.1, -0.05) is 12.1 Å². The van der Waals surface area contributed by atoms with Gasteiger partial charge in [-0.3, -0.25) is 4.90 Å². The van der Waals surface area contributed by atoms with Crippen LogP contribution in [0.15, 0.2) is 40.2 Å². The maximum Gasteiger partial charge on any atom is 0.0331 e. The summed E-state index contributed by atoms with van der Waals surface area (Å²) < 4.78 is 1.16. The van der Waals surface area contributed by atoms with E-state index in [-0.39, 0.29) is 0 Å². The van der Waals surface area contributed by atoms with Crippen LogP contribution in [0.25, 0.3) is 0 Å². The Kier molecular flexibility index (Phi) is 4.43. The van der Waals surface area contributed by atoms with Crippen molar-refractivity contribution in [3.8, 4) is 0 Å². The highest BCUT2D eigenvalue weighted by Crippen LogP contribution is 2.25. The normalized spacial score (nSPS) is 12.9. The molecule has 0 aliphatic carbocycles. The summed E-state index contributed by atoms with van der Waals surface area (Å²) in [6.45, 7) is 3.18. The molecule has 0 spiro atoms. The van der Waals surface area contributed by atoms with Crippen LogP contribution in [0.2, 0.25) is 0 Å². The van der Waals surface area contributed by atoms with Gasteiger partial charge in [0.1, 0.15) is 0 Å². The van der Waals surface area contributed by atoms with E-state index in [2.05, 4.69) is 58.4 Å². The lowest BCUT2D eigenvalue weighted by Gasteiger charge is -2.24.